The van der Waals surface area contributed by atoms with Gasteiger partial charge in [0.2, 0.25) is 17.6 Å². The lowest BCUT2D eigenvalue weighted by Crippen LogP contribution is -2.18. The number of ether oxygens (including phenoxy) is 1. The first-order valence-electron chi connectivity index (χ1n) is 9.59. The van der Waals surface area contributed by atoms with E-state index < -0.39 is 0 Å². The van der Waals surface area contributed by atoms with Gasteiger partial charge in [-0.2, -0.15) is 4.98 Å². The molecule has 0 fully saturated rings. The molecule has 0 aliphatic heterocycles. The van der Waals surface area contributed by atoms with Crippen LogP contribution in [-0.2, 0) is 17.9 Å². The van der Waals surface area contributed by atoms with Crippen molar-refractivity contribution in [2.24, 2.45) is 0 Å². The number of carbonyl (C=O) groups excluding carboxylic acids is 2. The highest BCUT2D eigenvalue weighted by Gasteiger charge is 2.13. The molecule has 1 aromatic carbocycles. The maximum absolute atomic E-state index is 12.5. The van der Waals surface area contributed by atoms with Gasteiger partial charge in [-0.1, -0.05) is 5.16 Å². The molecule has 3 heterocycles. The first kappa shape index (κ1) is 21.2. The zero-order valence-corrected chi connectivity index (χ0v) is 18.1. The van der Waals surface area contributed by atoms with Gasteiger partial charge in [0.25, 0.3) is 5.91 Å². The highest BCUT2D eigenvalue weighted by Crippen LogP contribution is 2.27. The minimum atomic E-state index is -0.294. The second-order valence-corrected chi connectivity index (χ2v) is 7.57. The van der Waals surface area contributed by atoms with E-state index in [9.17, 15) is 9.59 Å². The SMILES string of the molecule is CC(=O)NCc1ccc(-c2csc(NC(=O)c3ccc(OCc4noc(C)n4)cc3)n2)o1. The number of amides is 2. The first-order chi connectivity index (χ1) is 15.5. The van der Waals surface area contributed by atoms with Crippen LogP contribution in [0.15, 0.2) is 50.7 Å². The summed E-state index contributed by atoms with van der Waals surface area (Å²) >= 11 is 1.29. The van der Waals surface area contributed by atoms with Gasteiger partial charge in [0.05, 0.1) is 6.54 Å². The quantitative estimate of drug-likeness (QED) is 0.414. The summed E-state index contributed by atoms with van der Waals surface area (Å²) < 4.78 is 16.2. The van der Waals surface area contributed by atoms with Crippen molar-refractivity contribution in [1.82, 2.24) is 20.4 Å². The molecule has 32 heavy (non-hydrogen) atoms. The lowest BCUT2D eigenvalue weighted by Gasteiger charge is -2.05. The predicted molar refractivity (Wildman–Crippen MR) is 115 cm³/mol. The zero-order valence-electron chi connectivity index (χ0n) is 17.2. The van der Waals surface area contributed by atoms with E-state index in [1.54, 1.807) is 48.7 Å². The number of rotatable bonds is 8. The molecule has 0 spiro atoms. The molecular formula is C21H19N5O5S. The van der Waals surface area contributed by atoms with Gasteiger partial charge in [-0.3, -0.25) is 14.9 Å². The lowest BCUT2D eigenvalue weighted by atomic mass is 10.2. The average Bonchev–Trinajstić information content (AvgIpc) is 3.52. The maximum atomic E-state index is 12.5. The number of furan rings is 1. The van der Waals surface area contributed by atoms with Gasteiger partial charge >= 0.3 is 0 Å². The number of nitrogens with one attached hydrogen (secondary N) is 2. The van der Waals surface area contributed by atoms with E-state index in [0.717, 1.165) is 0 Å². The summed E-state index contributed by atoms with van der Waals surface area (Å²) in [5.74, 6) is 2.24. The number of anilines is 1. The van der Waals surface area contributed by atoms with Crippen LogP contribution in [0.3, 0.4) is 0 Å². The summed E-state index contributed by atoms with van der Waals surface area (Å²) in [5, 5.41) is 11.4. The monoisotopic (exact) mass is 453 g/mol. The van der Waals surface area contributed by atoms with E-state index in [2.05, 4.69) is 25.8 Å². The Balaban J connectivity index is 1.33. The lowest BCUT2D eigenvalue weighted by molar-refractivity contribution is -0.119. The summed E-state index contributed by atoms with van der Waals surface area (Å²) in [6, 6.07) is 10.2. The van der Waals surface area contributed by atoms with Crippen molar-refractivity contribution in [2.45, 2.75) is 27.0 Å². The van der Waals surface area contributed by atoms with Crippen LogP contribution in [0.5, 0.6) is 5.75 Å². The maximum Gasteiger partial charge on any atom is 0.257 e. The molecule has 10 nitrogen and oxygen atoms in total. The van der Waals surface area contributed by atoms with Gasteiger partial charge in [0, 0.05) is 24.8 Å². The van der Waals surface area contributed by atoms with E-state index >= 15 is 0 Å². The van der Waals surface area contributed by atoms with Crippen molar-refractivity contribution in [3.8, 4) is 17.2 Å². The Kier molecular flexibility index (Phi) is 6.26. The molecule has 4 aromatic rings. The fourth-order valence-corrected chi connectivity index (χ4v) is 3.38. The largest absolute Gasteiger partial charge is 0.485 e. The highest BCUT2D eigenvalue weighted by atomic mass is 32.1. The fraction of sp³-hybridized carbons (Fsp3) is 0.190. The Morgan fingerprint density at radius 3 is 2.66 bits per heavy atom. The molecule has 0 unspecified atom stereocenters. The average molecular weight is 453 g/mol. The number of thiazole rings is 1. The minimum absolute atomic E-state index is 0.136. The van der Waals surface area contributed by atoms with Crippen molar-refractivity contribution < 1.29 is 23.3 Å². The van der Waals surface area contributed by atoms with Crippen LogP contribution in [-0.4, -0.2) is 26.9 Å². The summed E-state index contributed by atoms with van der Waals surface area (Å²) in [6.45, 7) is 3.62. The fourth-order valence-electron chi connectivity index (χ4n) is 2.69. The Morgan fingerprint density at radius 2 is 1.94 bits per heavy atom. The van der Waals surface area contributed by atoms with Gasteiger partial charge < -0.3 is 19.0 Å². The Hall–Kier alpha value is -3.99. The molecule has 0 saturated carbocycles. The third kappa shape index (κ3) is 5.38. The number of aromatic nitrogens is 3. The molecule has 2 N–H and O–H groups in total. The third-order valence-corrected chi connectivity index (χ3v) is 4.96. The van der Waals surface area contributed by atoms with Crippen molar-refractivity contribution in [3.05, 3.63) is 64.8 Å². The molecule has 11 heteroatoms. The van der Waals surface area contributed by atoms with E-state index in [4.69, 9.17) is 13.7 Å². The molecule has 0 aliphatic carbocycles. The topological polar surface area (TPSA) is 132 Å². The van der Waals surface area contributed by atoms with Crippen molar-refractivity contribution in [2.75, 3.05) is 5.32 Å². The van der Waals surface area contributed by atoms with Gasteiger partial charge in [0.1, 0.15) is 17.2 Å². The van der Waals surface area contributed by atoms with Crippen LogP contribution < -0.4 is 15.4 Å². The normalized spacial score (nSPS) is 10.7. The Morgan fingerprint density at radius 1 is 1.12 bits per heavy atom. The van der Waals surface area contributed by atoms with Crippen LogP contribution in [0.25, 0.3) is 11.5 Å². The first-order valence-corrected chi connectivity index (χ1v) is 10.5. The van der Waals surface area contributed by atoms with Crippen LogP contribution in [0.2, 0.25) is 0 Å². The number of aryl methyl sites for hydroxylation is 1. The molecule has 2 amide bonds. The van der Waals surface area contributed by atoms with E-state index in [1.165, 1.54) is 18.3 Å². The number of nitrogens with zero attached hydrogens (tertiary/aromatic N) is 3. The number of carbonyl (C=O) groups is 2. The van der Waals surface area contributed by atoms with Crippen LogP contribution in [0.4, 0.5) is 5.13 Å². The number of hydrogen-bond acceptors (Lipinski definition) is 9. The Labute approximate surface area is 186 Å². The molecule has 0 bridgehead atoms. The smallest absolute Gasteiger partial charge is 0.257 e. The molecule has 164 valence electrons. The van der Waals surface area contributed by atoms with Gasteiger partial charge in [-0.05, 0) is 36.4 Å². The van der Waals surface area contributed by atoms with Crippen LogP contribution in [0, 0.1) is 6.92 Å². The van der Waals surface area contributed by atoms with Gasteiger partial charge in [-0.15, -0.1) is 11.3 Å². The number of hydrogen-bond donors (Lipinski definition) is 2. The van der Waals surface area contributed by atoms with E-state index in [1.807, 2.05) is 0 Å². The minimum Gasteiger partial charge on any atom is -0.485 e. The van der Waals surface area contributed by atoms with Crippen molar-refractivity contribution in [1.29, 1.82) is 0 Å². The zero-order chi connectivity index (χ0) is 22.5. The third-order valence-electron chi connectivity index (χ3n) is 4.20. The predicted octanol–water partition coefficient (Wildman–Crippen LogP) is 3.56. The standard InChI is InChI=1S/C21H19N5O5S/c1-12(27)22-9-16-7-8-18(30-16)17-11-32-21(24-17)25-20(28)14-3-5-15(6-4-14)29-10-19-23-13(2)31-26-19/h3-8,11H,9-10H2,1-2H3,(H,22,27)(H,24,25,28). The van der Waals surface area contributed by atoms with Gasteiger partial charge in [0.15, 0.2) is 17.5 Å². The van der Waals surface area contributed by atoms with Crippen LogP contribution in [0.1, 0.15) is 34.8 Å². The summed E-state index contributed by atoms with van der Waals surface area (Å²) in [7, 11) is 0. The summed E-state index contributed by atoms with van der Waals surface area (Å²) in [6.07, 6.45) is 0. The Bertz CT molecular complexity index is 1230. The molecule has 4 rings (SSSR count). The molecule has 3 aromatic heterocycles. The molecule has 0 aliphatic rings. The molecular weight excluding hydrogens is 434 g/mol. The van der Waals surface area contributed by atoms with Crippen molar-refractivity contribution in [3.63, 3.8) is 0 Å². The number of benzene rings is 1. The van der Waals surface area contributed by atoms with Gasteiger partial charge in [-0.25, -0.2) is 4.98 Å². The van der Waals surface area contributed by atoms with Crippen molar-refractivity contribution >= 4 is 28.3 Å². The summed E-state index contributed by atoms with van der Waals surface area (Å²) in [5.41, 5.74) is 1.06. The van der Waals surface area contributed by atoms with Crippen LogP contribution >= 0.6 is 11.3 Å². The second-order valence-electron chi connectivity index (χ2n) is 6.71. The summed E-state index contributed by atoms with van der Waals surface area (Å²) in [4.78, 5) is 32.0. The molecule has 0 radical (unpaired) electrons. The highest BCUT2D eigenvalue weighted by molar-refractivity contribution is 7.14. The molecule has 0 atom stereocenters. The second kappa shape index (κ2) is 9.43. The molecule has 0 saturated heterocycles. The van der Waals surface area contributed by atoms with E-state index in [0.29, 0.717) is 51.9 Å². The van der Waals surface area contributed by atoms with E-state index in [-0.39, 0.29) is 18.4 Å².